The maximum atomic E-state index is 12.5. The van der Waals surface area contributed by atoms with Gasteiger partial charge in [-0.2, -0.15) is 13.2 Å². The molecule has 1 heterocycles. The van der Waals surface area contributed by atoms with Gasteiger partial charge in [-0.3, -0.25) is 4.79 Å². The van der Waals surface area contributed by atoms with Crippen LogP contribution in [0.4, 0.5) is 13.2 Å². The minimum atomic E-state index is -4.35. The molecule has 6 heteroatoms. The second-order valence-corrected chi connectivity index (χ2v) is 4.70. The molecular weight excluding hydrogens is 257 g/mol. The van der Waals surface area contributed by atoms with Gasteiger partial charge in [-0.05, 0) is 36.7 Å². The molecule has 2 rings (SSSR count). The summed E-state index contributed by atoms with van der Waals surface area (Å²) in [5.41, 5.74) is -0.239. The van der Waals surface area contributed by atoms with Crippen LogP contribution in [0.25, 0.3) is 0 Å². The molecule has 0 unspecified atom stereocenters. The van der Waals surface area contributed by atoms with Crippen molar-refractivity contribution in [2.75, 3.05) is 13.1 Å². The second-order valence-electron chi connectivity index (χ2n) is 4.70. The molecule has 1 aromatic rings. The first-order valence-corrected chi connectivity index (χ1v) is 6.08. The summed E-state index contributed by atoms with van der Waals surface area (Å²) in [6.07, 6.45) is -3.93. The summed E-state index contributed by atoms with van der Waals surface area (Å²) < 4.78 is 37.5. The van der Waals surface area contributed by atoms with Gasteiger partial charge in [0.15, 0.2) is 0 Å². The Kier molecular flexibility index (Phi) is 4.09. The standard InChI is InChI=1S/C13H15F3N2O/c14-13(15,16)11-3-1-2-9(4-11)8-18-12(19)5-10-6-17-7-10/h1-4,10,17H,5-8H2,(H,18,19). The Balaban J connectivity index is 1.86. The average Bonchev–Trinajstić information content (AvgIpc) is 2.31. The molecule has 1 aliphatic heterocycles. The highest BCUT2D eigenvalue weighted by molar-refractivity contribution is 5.76. The average molecular weight is 272 g/mol. The Hall–Kier alpha value is -1.56. The Morgan fingerprint density at radius 2 is 2.11 bits per heavy atom. The van der Waals surface area contributed by atoms with Gasteiger partial charge in [0.2, 0.25) is 5.91 Å². The molecule has 0 aromatic heterocycles. The molecule has 0 spiro atoms. The van der Waals surface area contributed by atoms with Crippen LogP contribution in [0.3, 0.4) is 0 Å². The highest BCUT2D eigenvalue weighted by atomic mass is 19.4. The smallest absolute Gasteiger partial charge is 0.352 e. The van der Waals surface area contributed by atoms with Crippen LogP contribution < -0.4 is 10.6 Å². The first-order valence-electron chi connectivity index (χ1n) is 6.08. The van der Waals surface area contributed by atoms with Crippen molar-refractivity contribution >= 4 is 5.91 Å². The number of alkyl halides is 3. The maximum absolute atomic E-state index is 12.5. The molecule has 0 saturated carbocycles. The van der Waals surface area contributed by atoms with Crippen molar-refractivity contribution in [1.29, 1.82) is 0 Å². The number of carbonyl (C=O) groups is 1. The van der Waals surface area contributed by atoms with Crippen LogP contribution in [-0.4, -0.2) is 19.0 Å². The lowest BCUT2D eigenvalue weighted by atomic mass is 9.99. The summed E-state index contributed by atoms with van der Waals surface area (Å²) in [7, 11) is 0. The van der Waals surface area contributed by atoms with E-state index < -0.39 is 11.7 Å². The van der Waals surface area contributed by atoms with E-state index in [2.05, 4.69) is 10.6 Å². The molecule has 3 nitrogen and oxygen atoms in total. The molecule has 1 saturated heterocycles. The van der Waals surface area contributed by atoms with Crippen LogP contribution in [0.5, 0.6) is 0 Å². The number of hydrogen-bond donors (Lipinski definition) is 2. The van der Waals surface area contributed by atoms with E-state index in [1.54, 1.807) is 6.07 Å². The molecule has 2 N–H and O–H groups in total. The number of amides is 1. The van der Waals surface area contributed by atoms with E-state index in [0.29, 0.717) is 17.9 Å². The molecule has 0 aliphatic carbocycles. The fraction of sp³-hybridized carbons (Fsp3) is 0.462. The molecule has 104 valence electrons. The SMILES string of the molecule is O=C(CC1CNC1)NCc1cccc(C(F)(F)F)c1. The summed E-state index contributed by atoms with van der Waals surface area (Å²) in [6.45, 7) is 1.79. The van der Waals surface area contributed by atoms with Gasteiger partial charge in [-0.1, -0.05) is 12.1 Å². The minimum Gasteiger partial charge on any atom is -0.352 e. The van der Waals surface area contributed by atoms with Crippen LogP contribution in [0.15, 0.2) is 24.3 Å². The first-order chi connectivity index (χ1) is 8.95. The van der Waals surface area contributed by atoms with E-state index in [1.807, 2.05) is 0 Å². The zero-order valence-electron chi connectivity index (χ0n) is 10.3. The van der Waals surface area contributed by atoms with Crippen LogP contribution in [-0.2, 0) is 17.5 Å². The Morgan fingerprint density at radius 3 is 2.68 bits per heavy atom. The van der Waals surface area contributed by atoms with Gasteiger partial charge in [0, 0.05) is 13.0 Å². The summed E-state index contributed by atoms with van der Waals surface area (Å²) in [5, 5.41) is 5.70. The van der Waals surface area contributed by atoms with Crippen molar-refractivity contribution < 1.29 is 18.0 Å². The highest BCUT2D eigenvalue weighted by Crippen LogP contribution is 2.29. The van der Waals surface area contributed by atoms with E-state index in [-0.39, 0.29) is 12.5 Å². The van der Waals surface area contributed by atoms with Gasteiger partial charge in [0.25, 0.3) is 0 Å². The third kappa shape index (κ3) is 3.96. The molecule has 1 amide bonds. The van der Waals surface area contributed by atoms with Crippen molar-refractivity contribution in [3.05, 3.63) is 35.4 Å². The lowest BCUT2D eigenvalue weighted by Gasteiger charge is -2.26. The second kappa shape index (κ2) is 5.61. The molecule has 1 aliphatic rings. The number of hydrogen-bond acceptors (Lipinski definition) is 2. The summed E-state index contributed by atoms with van der Waals surface area (Å²) in [5.74, 6) is 0.227. The van der Waals surface area contributed by atoms with Gasteiger partial charge in [0.05, 0.1) is 5.56 Å². The van der Waals surface area contributed by atoms with E-state index in [0.717, 1.165) is 25.2 Å². The van der Waals surface area contributed by atoms with Crippen LogP contribution >= 0.6 is 0 Å². The van der Waals surface area contributed by atoms with Crippen molar-refractivity contribution in [2.24, 2.45) is 5.92 Å². The Labute approximate surface area is 109 Å². The molecular formula is C13H15F3N2O. The molecule has 0 atom stereocenters. The fourth-order valence-electron chi connectivity index (χ4n) is 1.89. The molecule has 1 aromatic carbocycles. The number of benzene rings is 1. The number of carbonyl (C=O) groups excluding carboxylic acids is 1. The topological polar surface area (TPSA) is 41.1 Å². The van der Waals surface area contributed by atoms with Crippen molar-refractivity contribution in [3.8, 4) is 0 Å². The molecule has 0 radical (unpaired) electrons. The summed E-state index contributed by atoms with van der Waals surface area (Å²) in [4.78, 5) is 11.5. The molecule has 19 heavy (non-hydrogen) atoms. The Bertz CT molecular complexity index is 455. The Morgan fingerprint density at radius 1 is 1.37 bits per heavy atom. The van der Waals surface area contributed by atoms with E-state index in [1.165, 1.54) is 6.07 Å². The normalized spacial score (nSPS) is 15.9. The van der Waals surface area contributed by atoms with E-state index in [9.17, 15) is 18.0 Å². The molecule has 1 fully saturated rings. The maximum Gasteiger partial charge on any atom is 0.416 e. The third-order valence-corrected chi connectivity index (χ3v) is 3.08. The van der Waals surface area contributed by atoms with Crippen LogP contribution in [0.2, 0.25) is 0 Å². The van der Waals surface area contributed by atoms with Gasteiger partial charge < -0.3 is 10.6 Å². The minimum absolute atomic E-state index is 0.121. The van der Waals surface area contributed by atoms with Gasteiger partial charge in [-0.15, -0.1) is 0 Å². The summed E-state index contributed by atoms with van der Waals surface area (Å²) >= 11 is 0. The van der Waals surface area contributed by atoms with Gasteiger partial charge in [0.1, 0.15) is 0 Å². The lowest BCUT2D eigenvalue weighted by Crippen LogP contribution is -2.44. The van der Waals surface area contributed by atoms with E-state index in [4.69, 9.17) is 0 Å². The largest absolute Gasteiger partial charge is 0.416 e. The first kappa shape index (κ1) is 13.9. The van der Waals surface area contributed by atoms with Gasteiger partial charge >= 0.3 is 6.18 Å². The molecule has 0 bridgehead atoms. The van der Waals surface area contributed by atoms with Crippen molar-refractivity contribution in [1.82, 2.24) is 10.6 Å². The number of nitrogens with one attached hydrogen (secondary N) is 2. The quantitative estimate of drug-likeness (QED) is 0.879. The fourth-order valence-corrected chi connectivity index (χ4v) is 1.89. The third-order valence-electron chi connectivity index (χ3n) is 3.08. The lowest BCUT2D eigenvalue weighted by molar-refractivity contribution is -0.137. The van der Waals surface area contributed by atoms with Crippen LogP contribution in [0, 0.1) is 5.92 Å². The van der Waals surface area contributed by atoms with Gasteiger partial charge in [-0.25, -0.2) is 0 Å². The predicted molar refractivity (Wildman–Crippen MR) is 64.3 cm³/mol. The zero-order valence-corrected chi connectivity index (χ0v) is 10.3. The van der Waals surface area contributed by atoms with Crippen molar-refractivity contribution in [3.63, 3.8) is 0 Å². The zero-order chi connectivity index (χ0) is 13.9. The van der Waals surface area contributed by atoms with Crippen molar-refractivity contribution in [2.45, 2.75) is 19.1 Å². The van der Waals surface area contributed by atoms with Crippen LogP contribution in [0.1, 0.15) is 17.5 Å². The number of rotatable bonds is 4. The monoisotopic (exact) mass is 272 g/mol. The predicted octanol–water partition coefficient (Wildman–Crippen LogP) is 1.93. The number of halogens is 3. The summed E-state index contributed by atoms with van der Waals surface area (Å²) in [6, 6.07) is 5.00. The van der Waals surface area contributed by atoms with E-state index >= 15 is 0 Å². The highest BCUT2D eigenvalue weighted by Gasteiger charge is 2.30.